The van der Waals surface area contributed by atoms with E-state index in [-0.39, 0.29) is 6.42 Å². The predicted octanol–water partition coefficient (Wildman–Crippen LogP) is 2.44. The van der Waals surface area contributed by atoms with Gasteiger partial charge >= 0.3 is 5.97 Å². The quantitative estimate of drug-likeness (QED) is 0.614. The molecule has 0 aliphatic carbocycles. The Bertz CT molecular complexity index is 959. The summed E-state index contributed by atoms with van der Waals surface area (Å²) in [7, 11) is 0. The van der Waals surface area contributed by atoms with Crippen molar-refractivity contribution in [3.8, 4) is 0 Å². The van der Waals surface area contributed by atoms with E-state index in [0.29, 0.717) is 21.8 Å². The van der Waals surface area contributed by atoms with Crippen molar-refractivity contribution in [1.82, 2.24) is 4.90 Å². The van der Waals surface area contributed by atoms with Crippen molar-refractivity contribution in [3.63, 3.8) is 0 Å². The van der Waals surface area contributed by atoms with Crippen LogP contribution in [0.3, 0.4) is 0 Å². The zero-order valence-electron chi connectivity index (χ0n) is 15.0. The van der Waals surface area contributed by atoms with Crippen molar-refractivity contribution in [1.29, 1.82) is 0 Å². The van der Waals surface area contributed by atoms with Crippen LogP contribution in [-0.2, 0) is 25.5 Å². The fourth-order valence-corrected chi connectivity index (χ4v) is 2.96. The van der Waals surface area contributed by atoms with Crippen molar-refractivity contribution >= 4 is 41.0 Å². The molecule has 3 amide bonds. The van der Waals surface area contributed by atoms with Gasteiger partial charge in [-0.1, -0.05) is 41.9 Å². The first kappa shape index (κ1) is 19.6. The average Bonchev–Trinajstić information content (AvgIpc) is 2.67. The van der Waals surface area contributed by atoms with Crippen molar-refractivity contribution in [2.75, 3.05) is 11.9 Å². The first-order valence-corrected chi connectivity index (χ1v) is 8.92. The molecule has 7 nitrogen and oxygen atoms in total. The second-order valence-electron chi connectivity index (χ2n) is 6.22. The van der Waals surface area contributed by atoms with E-state index in [0.717, 1.165) is 4.90 Å². The van der Waals surface area contributed by atoms with Crippen LogP contribution in [0.2, 0.25) is 5.02 Å². The molecule has 1 heterocycles. The van der Waals surface area contributed by atoms with Gasteiger partial charge in [0.1, 0.15) is 6.54 Å². The molecule has 0 radical (unpaired) electrons. The van der Waals surface area contributed by atoms with Gasteiger partial charge in [-0.3, -0.25) is 24.1 Å². The highest BCUT2D eigenvalue weighted by Gasteiger charge is 2.33. The zero-order valence-corrected chi connectivity index (χ0v) is 15.7. The molecule has 0 spiro atoms. The third-order valence-electron chi connectivity index (χ3n) is 4.23. The number of ether oxygens (including phenoxy) is 1. The summed E-state index contributed by atoms with van der Waals surface area (Å²) in [5.74, 6) is -2.49. The molecule has 1 atom stereocenters. The van der Waals surface area contributed by atoms with Crippen LogP contribution in [0.4, 0.5) is 5.69 Å². The van der Waals surface area contributed by atoms with Crippen LogP contribution in [0, 0.1) is 0 Å². The molecule has 0 saturated heterocycles. The molecule has 1 N–H and O–H groups in total. The SMILES string of the molecule is C[C@H](OC(=O)CN1C(=O)Cc2ccccc2C1=O)C(=O)Nc1ccccc1Cl. The topological polar surface area (TPSA) is 92.8 Å². The molecule has 8 heteroatoms. The first-order valence-electron chi connectivity index (χ1n) is 8.54. The Morgan fingerprint density at radius 1 is 1.14 bits per heavy atom. The van der Waals surface area contributed by atoms with Crippen LogP contribution in [0.15, 0.2) is 48.5 Å². The predicted molar refractivity (Wildman–Crippen MR) is 102 cm³/mol. The lowest BCUT2D eigenvalue weighted by Crippen LogP contribution is -2.46. The third-order valence-corrected chi connectivity index (χ3v) is 4.56. The molecule has 2 aromatic carbocycles. The highest BCUT2D eigenvalue weighted by Crippen LogP contribution is 2.21. The number of fused-ring (bicyclic) bond motifs is 1. The summed E-state index contributed by atoms with van der Waals surface area (Å²) in [5, 5.41) is 2.90. The molecule has 0 unspecified atom stereocenters. The second kappa shape index (κ2) is 8.22. The molecule has 0 bridgehead atoms. The van der Waals surface area contributed by atoms with Crippen LogP contribution in [0.1, 0.15) is 22.8 Å². The fourth-order valence-electron chi connectivity index (χ4n) is 2.77. The summed E-state index contributed by atoms with van der Waals surface area (Å²) in [6.45, 7) is 0.828. The Kier molecular flexibility index (Phi) is 5.75. The van der Waals surface area contributed by atoms with Crippen LogP contribution >= 0.6 is 11.6 Å². The summed E-state index contributed by atoms with van der Waals surface area (Å²) in [6.07, 6.45) is -1.11. The van der Waals surface area contributed by atoms with Gasteiger partial charge in [-0.05, 0) is 30.7 Å². The Morgan fingerprint density at radius 2 is 1.82 bits per heavy atom. The van der Waals surface area contributed by atoms with Gasteiger partial charge in [-0.15, -0.1) is 0 Å². The van der Waals surface area contributed by atoms with Gasteiger partial charge in [0.05, 0.1) is 17.1 Å². The molecule has 3 rings (SSSR count). The number of nitrogens with one attached hydrogen (secondary N) is 1. The number of esters is 1. The monoisotopic (exact) mass is 400 g/mol. The van der Waals surface area contributed by atoms with Gasteiger partial charge in [0, 0.05) is 5.56 Å². The molecular weight excluding hydrogens is 384 g/mol. The minimum atomic E-state index is -1.13. The van der Waals surface area contributed by atoms with Crippen LogP contribution in [-0.4, -0.2) is 41.2 Å². The minimum absolute atomic E-state index is 0.0255. The minimum Gasteiger partial charge on any atom is -0.451 e. The van der Waals surface area contributed by atoms with Gasteiger partial charge < -0.3 is 10.1 Å². The molecule has 0 fully saturated rings. The van der Waals surface area contributed by atoms with E-state index in [4.69, 9.17) is 16.3 Å². The molecule has 144 valence electrons. The number of carbonyl (C=O) groups is 4. The highest BCUT2D eigenvalue weighted by atomic mass is 35.5. The number of nitrogens with zero attached hydrogens (tertiary/aromatic N) is 1. The van der Waals surface area contributed by atoms with E-state index in [1.807, 2.05) is 0 Å². The number of rotatable bonds is 5. The Balaban J connectivity index is 1.60. The van der Waals surface area contributed by atoms with Crippen molar-refractivity contribution in [2.24, 2.45) is 0 Å². The number of hydrogen-bond donors (Lipinski definition) is 1. The van der Waals surface area contributed by atoms with Gasteiger partial charge in [-0.25, -0.2) is 0 Å². The van der Waals surface area contributed by atoms with Crippen molar-refractivity contribution < 1.29 is 23.9 Å². The lowest BCUT2D eigenvalue weighted by Gasteiger charge is -2.26. The lowest BCUT2D eigenvalue weighted by atomic mass is 9.98. The van der Waals surface area contributed by atoms with Crippen molar-refractivity contribution in [3.05, 3.63) is 64.7 Å². The smallest absolute Gasteiger partial charge is 0.326 e. The maximum atomic E-state index is 12.5. The standard InChI is InChI=1S/C20H17ClN2O5/c1-12(19(26)22-16-9-5-4-8-15(16)21)28-18(25)11-23-17(24)10-13-6-2-3-7-14(13)20(23)27/h2-9,12H,10-11H2,1H3,(H,22,26)/t12-/m0/s1. The van der Waals surface area contributed by atoms with E-state index in [1.165, 1.54) is 6.92 Å². The molecule has 0 saturated carbocycles. The van der Waals surface area contributed by atoms with Crippen LogP contribution < -0.4 is 5.32 Å². The van der Waals surface area contributed by atoms with Gasteiger partial charge in [0.2, 0.25) is 5.91 Å². The summed E-state index contributed by atoms with van der Waals surface area (Å²) >= 11 is 5.98. The van der Waals surface area contributed by atoms with Gasteiger partial charge in [0.15, 0.2) is 6.10 Å². The Hall–Kier alpha value is -3.19. The number of anilines is 1. The number of imide groups is 1. The van der Waals surface area contributed by atoms with Gasteiger partial charge in [0.25, 0.3) is 11.8 Å². The first-order chi connectivity index (χ1) is 13.4. The summed E-state index contributed by atoms with van der Waals surface area (Å²) < 4.78 is 5.07. The molecule has 28 heavy (non-hydrogen) atoms. The number of carbonyl (C=O) groups excluding carboxylic acids is 4. The fraction of sp³-hybridized carbons (Fsp3) is 0.200. The van der Waals surface area contributed by atoms with E-state index < -0.39 is 36.3 Å². The molecule has 0 aromatic heterocycles. The van der Waals surface area contributed by atoms with E-state index >= 15 is 0 Å². The normalized spacial score (nSPS) is 14.3. The Morgan fingerprint density at radius 3 is 2.57 bits per heavy atom. The molecule has 1 aliphatic rings. The van der Waals surface area contributed by atoms with E-state index in [9.17, 15) is 19.2 Å². The summed E-state index contributed by atoms with van der Waals surface area (Å²) in [4.78, 5) is 49.9. The number of para-hydroxylation sites is 1. The van der Waals surface area contributed by atoms with Crippen LogP contribution in [0.5, 0.6) is 0 Å². The van der Waals surface area contributed by atoms with Gasteiger partial charge in [-0.2, -0.15) is 0 Å². The zero-order chi connectivity index (χ0) is 20.3. The van der Waals surface area contributed by atoms with Crippen molar-refractivity contribution in [2.45, 2.75) is 19.4 Å². The second-order valence-corrected chi connectivity index (χ2v) is 6.63. The average molecular weight is 401 g/mol. The highest BCUT2D eigenvalue weighted by molar-refractivity contribution is 6.33. The largest absolute Gasteiger partial charge is 0.451 e. The van der Waals surface area contributed by atoms with E-state index in [1.54, 1.807) is 48.5 Å². The molecule has 1 aliphatic heterocycles. The summed E-state index contributed by atoms with van der Waals surface area (Å²) in [6, 6.07) is 13.4. The van der Waals surface area contributed by atoms with Crippen LogP contribution in [0.25, 0.3) is 0 Å². The maximum Gasteiger partial charge on any atom is 0.326 e. The summed E-state index contributed by atoms with van der Waals surface area (Å²) in [5.41, 5.74) is 1.38. The van der Waals surface area contributed by atoms with E-state index in [2.05, 4.69) is 5.32 Å². The lowest BCUT2D eigenvalue weighted by molar-refractivity contribution is -0.155. The number of halogens is 1. The number of amides is 3. The molecule has 2 aromatic rings. The number of hydrogen-bond acceptors (Lipinski definition) is 5. The maximum absolute atomic E-state index is 12.5. The molecular formula is C20H17ClN2O5. The Labute approximate surface area is 166 Å². The number of benzene rings is 2. The third kappa shape index (κ3) is 4.20.